The van der Waals surface area contributed by atoms with Crippen molar-refractivity contribution >= 4 is 17.5 Å². The number of halogens is 5. The van der Waals surface area contributed by atoms with Gasteiger partial charge in [-0.05, 0) is 54.1 Å². The SMILES string of the molecule is O=C1CN(C(=O)c2cccc(C(F)(F)F)c2)C(c2ccc(F)cc2)c2cc(F)ccc2N1. The Morgan fingerprint density at radius 2 is 1.62 bits per heavy atom. The third kappa shape index (κ3) is 4.18. The molecule has 1 heterocycles. The Hall–Kier alpha value is -3.75. The molecule has 3 aromatic carbocycles. The molecule has 0 aromatic heterocycles. The van der Waals surface area contributed by atoms with Crippen LogP contribution in [0.2, 0.25) is 0 Å². The van der Waals surface area contributed by atoms with Crippen LogP contribution in [0.25, 0.3) is 0 Å². The van der Waals surface area contributed by atoms with E-state index in [9.17, 15) is 31.5 Å². The number of anilines is 1. The summed E-state index contributed by atoms with van der Waals surface area (Å²) in [5.74, 6) is -2.66. The zero-order valence-electron chi connectivity index (χ0n) is 16.3. The third-order valence-corrected chi connectivity index (χ3v) is 5.09. The van der Waals surface area contributed by atoms with Crippen LogP contribution >= 0.6 is 0 Å². The fourth-order valence-corrected chi connectivity index (χ4v) is 3.67. The fraction of sp³-hybridized carbons (Fsp3) is 0.130. The number of fused-ring (bicyclic) bond motifs is 1. The maximum atomic E-state index is 14.1. The number of rotatable bonds is 2. The Morgan fingerprint density at radius 3 is 2.31 bits per heavy atom. The normalized spacial score (nSPS) is 16.2. The van der Waals surface area contributed by atoms with Gasteiger partial charge in [-0.1, -0.05) is 18.2 Å². The second-order valence-corrected chi connectivity index (χ2v) is 7.25. The molecule has 2 amide bonds. The molecule has 0 spiro atoms. The summed E-state index contributed by atoms with van der Waals surface area (Å²) in [5, 5.41) is 2.58. The van der Waals surface area contributed by atoms with Gasteiger partial charge in [0.2, 0.25) is 5.91 Å². The standard InChI is InChI=1S/C23H15F5N2O2/c24-16-6-4-13(5-7-16)21-18-11-17(25)8-9-19(18)29-20(31)12-30(21)22(32)14-2-1-3-15(10-14)23(26,27)28/h1-11,21H,12H2,(H,29,31). The first-order chi connectivity index (χ1) is 15.1. The van der Waals surface area contributed by atoms with Crippen LogP contribution in [-0.4, -0.2) is 23.3 Å². The molecule has 0 radical (unpaired) electrons. The molecule has 1 N–H and O–H groups in total. The largest absolute Gasteiger partial charge is 0.416 e. The number of benzene rings is 3. The van der Waals surface area contributed by atoms with Gasteiger partial charge in [0.1, 0.15) is 18.2 Å². The molecule has 1 aliphatic rings. The minimum atomic E-state index is -4.67. The highest BCUT2D eigenvalue weighted by molar-refractivity contribution is 6.01. The molecular formula is C23H15F5N2O2. The van der Waals surface area contributed by atoms with Gasteiger partial charge in [-0.2, -0.15) is 13.2 Å². The first-order valence-corrected chi connectivity index (χ1v) is 9.46. The molecular weight excluding hydrogens is 431 g/mol. The number of nitrogens with one attached hydrogen (secondary N) is 1. The van der Waals surface area contributed by atoms with Gasteiger partial charge in [0, 0.05) is 16.8 Å². The van der Waals surface area contributed by atoms with Crippen molar-refractivity contribution in [2.45, 2.75) is 12.2 Å². The van der Waals surface area contributed by atoms with E-state index in [0.29, 0.717) is 11.6 Å². The number of hydrogen-bond acceptors (Lipinski definition) is 2. The number of hydrogen-bond donors (Lipinski definition) is 1. The molecule has 4 rings (SSSR count). The molecule has 1 unspecified atom stereocenters. The first-order valence-electron chi connectivity index (χ1n) is 9.46. The van der Waals surface area contributed by atoms with Gasteiger partial charge >= 0.3 is 6.18 Å². The molecule has 0 bridgehead atoms. The highest BCUT2D eigenvalue weighted by Gasteiger charge is 2.36. The predicted octanol–water partition coefficient (Wildman–Crippen LogP) is 5.17. The Kier molecular flexibility index (Phi) is 5.41. The lowest BCUT2D eigenvalue weighted by molar-refractivity contribution is -0.137. The lowest BCUT2D eigenvalue weighted by Crippen LogP contribution is -2.39. The second-order valence-electron chi connectivity index (χ2n) is 7.25. The lowest BCUT2D eigenvalue weighted by atomic mass is 9.95. The zero-order chi connectivity index (χ0) is 23.0. The van der Waals surface area contributed by atoms with Gasteiger partial charge in [0.05, 0.1) is 11.6 Å². The Bertz CT molecular complexity index is 1190. The quantitative estimate of drug-likeness (QED) is 0.553. The number of amides is 2. The van der Waals surface area contributed by atoms with Crippen LogP contribution in [0.4, 0.5) is 27.6 Å². The van der Waals surface area contributed by atoms with Crippen LogP contribution < -0.4 is 5.32 Å². The monoisotopic (exact) mass is 446 g/mol. The van der Waals surface area contributed by atoms with Gasteiger partial charge in [-0.25, -0.2) is 8.78 Å². The van der Waals surface area contributed by atoms with Gasteiger partial charge in [-0.15, -0.1) is 0 Å². The van der Waals surface area contributed by atoms with Crippen LogP contribution in [0, 0.1) is 11.6 Å². The molecule has 0 fully saturated rings. The van der Waals surface area contributed by atoms with Gasteiger partial charge in [-0.3, -0.25) is 9.59 Å². The smallest absolute Gasteiger partial charge is 0.324 e. The Morgan fingerprint density at radius 1 is 0.938 bits per heavy atom. The van der Waals surface area contributed by atoms with E-state index in [2.05, 4.69) is 5.32 Å². The number of carbonyl (C=O) groups is 2. The van der Waals surface area contributed by atoms with E-state index in [-0.39, 0.29) is 16.8 Å². The summed E-state index contributed by atoms with van der Waals surface area (Å²) in [6, 6.07) is 11.4. The van der Waals surface area contributed by atoms with Crippen LogP contribution in [0.1, 0.15) is 33.1 Å². The highest BCUT2D eigenvalue weighted by Crippen LogP contribution is 2.37. The van der Waals surface area contributed by atoms with E-state index in [1.807, 2.05) is 0 Å². The lowest BCUT2D eigenvalue weighted by Gasteiger charge is -2.31. The third-order valence-electron chi connectivity index (χ3n) is 5.09. The molecule has 1 aliphatic heterocycles. The molecule has 164 valence electrons. The summed E-state index contributed by atoms with van der Waals surface area (Å²) < 4.78 is 67.1. The van der Waals surface area contributed by atoms with Crippen molar-refractivity contribution in [2.75, 3.05) is 11.9 Å². The van der Waals surface area contributed by atoms with Crippen LogP contribution in [-0.2, 0) is 11.0 Å². The van der Waals surface area contributed by atoms with Gasteiger partial charge in [0.25, 0.3) is 5.91 Å². The van der Waals surface area contributed by atoms with Gasteiger partial charge in [0.15, 0.2) is 0 Å². The average molecular weight is 446 g/mol. The summed E-state index contributed by atoms with van der Waals surface area (Å²) in [6.07, 6.45) is -4.67. The maximum Gasteiger partial charge on any atom is 0.416 e. The number of carbonyl (C=O) groups excluding carboxylic acids is 2. The van der Waals surface area contributed by atoms with E-state index in [1.165, 1.54) is 24.3 Å². The molecule has 0 saturated heterocycles. The van der Waals surface area contributed by atoms with Crippen molar-refractivity contribution in [3.8, 4) is 0 Å². The van der Waals surface area contributed by atoms with Gasteiger partial charge < -0.3 is 10.2 Å². The topological polar surface area (TPSA) is 49.4 Å². The fourth-order valence-electron chi connectivity index (χ4n) is 3.67. The van der Waals surface area contributed by atoms with E-state index >= 15 is 0 Å². The van der Waals surface area contributed by atoms with E-state index < -0.39 is 47.8 Å². The van der Waals surface area contributed by atoms with Crippen molar-refractivity contribution in [1.29, 1.82) is 0 Å². The summed E-state index contributed by atoms with van der Waals surface area (Å²) in [7, 11) is 0. The summed E-state index contributed by atoms with van der Waals surface area (Å²) >= 11 is 0. The summed E-state index contributed by atoms with van der Waals surface area (Å²) in [6.45, 7) is -0.507. The van der Waals surface area contributed by atoms with E-state index in [0.717, 1.165) is 41.3 Å². The average Bonchev–Trinajstić information content (AvgIpc) is 2.89. The minimum Gasteiger partial charge on any atom is -0.324 e. The zero-order valence-corrected chi connectivity index (χ0v) is 16.3. The second kappa shape index (κ2) is 8.07. The number of nitrogens with zero attached hydrogens (tertiary/aromatic N) is 1. The van der Waals surface area contributed by atoms with Crippen LogP contribution in [0.15, 0.2) is 66.7 Å². The highest BCUT2D eigenvalue weighted by atomic mass is 19.4. The Balaban J connectivity index is 1.87. The molecule has 3 aromatic rings. The number of alkyl halides is 3. The van der Waals surface area contributed by atoms with E-state index in [1.54, 1.807) is 0 Å². The molecule has 4 nitrogen and oxygen atoms in total. The van der Waals surface area contributed by atoms with Crippen molar-refractivity contribution in [3.63, 3.8) is 0 Å². The van der Waals surface area contributed by atoms with Crippen molar-refractivity contribution in [3.05, 3.63) is 101 Å². The summed E-state index contributed by atoms with van der Waals surface area (Å²) in [5.41, 5.74) is -0.505. The van der Waals surface area contributed by atoms with Crippen molar-refractivity contribution in [1.82, 2.24) is 4.90 Å². The predicted molar refractivity (Wildman–Crippen MR) is 106 cm³/mol. The van der Waals surface area contributed by atoms with Crippen molar-refractivity contribution < 1.29 is 31.5 Å². The van der Waals surface area contributed by atoms with Crippen molar-refractivity contribution in [2.24, 2.45) is 0 Å². The Labute approximate surface area is 179 Å². The molecule has 32 heavy (non-hydrogen) atoms. The molecule has 1 atom stereocenters. The van der Waals surface area contributed by atoms with Crippen LogP contribution in [0.5, 0.6) is 0 Å². The maximum absolute atomic E-state index is 14.1. The molecule has 0 aliphatic carbocycles. The minimum absolute atomic E-state index is 0.211. The first kappa shape index (κ1) is 21.5. The molecule has 9 heteroatoms. The summed E-state index contributed by atoms with van der Waals surface area (Å²) in [4.78, 5) is 26.9. The van der Waals surface area contributed by atoms with E-state index in [4.69, 9.17) is 0 Å². The van der Waals surface area contributed by atoms with Crippen LogP contribution in [0.3, 0.4) is 0 Å². The molecule has 0 saturated carbocycles.